The summed E-state index contributed by atoms with van der Waals surface area (Å²) in [5, 5.41) is 12.5. The SMILES string of the molecule is CC1(C)C(C(=O)O)C1C(=O)Nc1ccc2oc(=O)ccc2c1. The van der Waals surface area contributed by atoms with Crippen molar-refractivity contribution in [2.75, 3.05) is 5.32 Å². The van der Waals surface area contributed by atoms with Gasteiger partial charge in [-0.25, -0.2) is 4.79 Å². The number of carbonyl (C=O) groups excluding carboxylic acids is 1. The second-order valence-corrected chi connectivity index (χ2v) is 6.11. The van der Waals surface area contributed by atoms with E-state index in [0.717, 1.165) is 0 Å². The van der Waals surface area contributed by atoms with Gasteiger partial charge in [0.1, 0.15) is 5.58 Å². The lowest BCUT2D eigenvalue weighted by Crippen LogP contribution is -2.17. The van der Waals surface area contributed by atoms with Crippen LogP contribution in [0.5, 0.6) is 0 Å². The molecule has 0 spiro atoms. The van der Waals surface area contributed by atoms with Gasteiger partial charge < -0.3 is 14.8 Å². The fourth-order valence-corrected chi connectivity index (χ4v) is 2.96. The molecular formula is C16H15NO5. The molecule has 0 aliphatic heterocycles. The Hall–Kier alpha value is -2.63. The van der Waals surface area contributed by atoms with Crippen LogP contribution in [0.4, 0.5) is 5.69 Å². The average molecular weight is 301 g/mol. The molecule has 1 aliphatic rings. The highest BCUT2D eigenvalue weighted by Gasteiger charge is 2.65. The zero-order valence-electron chi connectivity index (χ0n) is 12.1. The number of hydrogen-bond acceptors (Lipinski definition) is 4. The average Bonchev–Trinajstić information content (AvgIpc) is 3.02. The number of aliphatic carboxylic acids is 1. The number of amides is 1. The molecular weight excluding hydrogens is 286 g/mol. The van der Waals surface area contributed by atoms with Crippen molar-refractivity contribution in [2.24, 2.45) is 17.3 Å². The molecule has 2 atom stereocenters. The molecule has 2 aromatic rings. The number of nitrogens with one attached hydrogen (secondary N) is 1. The van der Waals surface area contributed by atoms with Gasteiger partial charge in [-0.2, -0.15) is 0 Å². The maximum Gasteiger partial charge on any atom is 0.336 e. The largest absolute Gasteiger partial charge is 0.481 e. The van der Waals surface area contributed by atoms with Crippen LogP contribution in [-0.2, 0) is 9.59 Å². The first kappa shape index (κ1) is 14.3. The third kappa shape index (κ3) is 2.26. The first-order valence-electron chi connectivity index (χ1n) is 6.88. The number of hydrogen-bond donors (Lipinski definition) is 2. The molecule has 0 saturated heterocycles. The van der Waals surface area contributed by atoms with E-state index in [9.17, 15) is 14.4 Å². The van der Waals surface area contributed by atoms with E-state index in [1.165, 1.54) is 6.07 Å². The zero-order valence-corrected chi connectivity index (χ0v) is 12.1. The van der Waals surface area contributed by atoms with E-state index >= 15 is 0 Å². The van der Waals surface area contributed by atoms with E-state index in [2.05, 4.69) is 5.32 Å². The Labute approximate surface area is 125 Å². The minimum Gasteiger partial charge on any atom is -0.481 e. The molecule has 22 heavy (non-hydrogen) atoms. The minimum atomic E-state index is -0.953. The fraction of sp³-hybridized carbons (Fsp3) is 0.312. The summed E-state index contributed by atoms with van der Waals surface area (Å²) in [5.41, 5.74) is -0.00769. The Balaban J connectivity index is 1.82. The molecule has 3 rings (SSSR count). The van der Waals surface area contributed by atoms with Crippen LogP contribution in [0, 0.1) is 17.3 Å². The first-order chi connectivity index (χ1) is 10.3. The maximum atomic E-state index is 12.2. The summed E-state index contributed by atoms with van der Waals surface area (Å²) >= 11 is 0. The van der Waals surface area contributed by atoms with Gasteiger partial charge in [0.2, 0.25) is 5.91 Å². The Bertz CT molecular complexity index is 836. The third-order valence-electron chi connectivity index (χ3n) is 4.26. The van der Waals surface area contributed by atoms with Crippen LogP contribution in [0.3, 0.4) is 0 Å². The number of carboxylic acid groups (broad SMARTS) is 1. The lowest BCUT2D eigenvalue weighted by atomic mass is 10.1. The highest BCUT2D eigenvalue weighted by Crippen LogP contribution is 2.58. The molecule has 2 N–H and O–H groups in total. The van der Waals surface area contributed by atoms with Crippen molar-refractivity contribution in [1.29, 1.82) is 0 Å². The standard InChI is InChI=1S/C16H15NO5/c1-16(2)12(13(16)15(20)21)14(19)17-9-4-5-10-8(7-9)3-6-11(18)22-10/h3-7,12-13H,1-2H3,(H,17,19)(H,20,21). The lowest BCUT2D eigenvalue weighted by Gasteiger charge is -2.07. The van der Waals surface area contributed by atoms with Crippen LogP contribution in [0.25, 0.3) is 11.0 Å². The number of benzene rings is 1. The van der Waals surface area contributed by atoms with Gasteiger partial charge in [0.25, 0.3) is 0 Å². The molecule has 1 saturated carbocycles. The molecule has 1 aromatic carbocycles. The van der Waals surface area contributed by atoms with Crippen LogP contribution in [0.15, 0.2) is 39.5 Å². The van der Waals surface area contributed by atoms with Crippen LogP contribution >= 0.6 is 0 Å². The smallest absolute Gasteiger partial charge is 0.336 e. The number of carboxylic acids is 1. The quantitative estimate of drug-likeness (QED) is 0.846. The van der Waals surface area contributed by atoms with E-state index in [-0.39, 0.29) is 5.91 Å². The molecule has 1 fully saturated rings. The second kappa shape index (κ2) is 4.69. The Morgan fingerprint density at radius 2 is 1.91 bits per heavy atom. The lowest BCUT2D eigenvalue weighted by molar-refractivity contribution is -0.140. The van der Waals surface area contributed by atoms with Gasteiger partial charge in [0.15, 0.2) is 0 Å². The van der Waals surface area contributed by atoms with Crippen molar-refractivity contribution in [1.82, 2.24) is 0 Å². The van der Waals surface area contributed by atoms with Crippen molar-refractivity contribution in [3.05, 3.63) is 40.8 Å². The summed E-state index contributed by atoms with van der Waals surface area (Å²) in [6.07, 6.45) is 0. The van der Waals surface area contributed by atoms with Gasteiger partial charge >= 0.3 is 11.6 Å². The fourth-order valence-electron chi connectivity index (χ4n) is 2.96. The number of rotatable bonds is 3. The molecule has 2 unspecified atom stereocenters. The normalized spacial score (nSPS) is 22.3. The number of fused-ring (bicyclic) bond motifs is 1. The van der Waals surface area contributed by atoms with E-state index in [4.69, 9.17) is 9.52 Å². The van der Waals surface area contributed by atoms with Crippen LogP contribution in [0.1, 0.15) is 13.8 Å². The molecule has 114 valence electrons. The Kier molecular flexibility index (Phi) is 3.05. The molecule has 1 heterocycles. The van der Waals surface area contributed by atoms with Gasteiger partial charge in [-0.15, -0.1) is 0 Å². The monoisotopic (exact) mass is 301 g/mol. The highest BCUT2D eigenvalue weighted by molar-refractivity contribution is 6.00. The second-order valence-electron chi connectivity index (χ2n) is 6.11. The summed E-state index contributed by atoms with van der Waals surface area (Å²) in [4.78, 5) is 34.5. The molecule has 6 nitrogen and oxygen atoms in total. The van der Waals surface area contributed by atoms with E-state index in [1.807, 2.05) is 0 Å². The van der Waals surface area contributed by atoms with Crippen molar-refractivity contribution in [3.63, 3.8) is 0 Å². The van der Waals surface area contributed by atoms with Crippen LogP contribution in [0.2, 0.25) is 0 Å². The maximum absolute atomic E-state index is 12.2. The number of carbonyl (C=O) groups is 2. The molecule has 0 radical (unpaired) electrons. The minimum absolute atomic E-state index is 0.311. The molecule has 1 aromatic heterocycles. The van der Waals surface area contributed by atoms with Crippen molar-refractivity contribution >= 4 is 28.5 Å². The third-order valence-corrected chi connectivity index (χ3v) is 4.26. The summed E-state index contributed by atoms with van der Waals surface area (Å²) in [6.45, 7) is 3.54. The zero-order chi connectivity index (χ0) is 16.1. The number of anilines is 1. The molecule has 1 amide bonds. The summed E-state index contributed by atoms with van der Waals surface area (Å²) in [6, 6.07) is 7.81. The Morgan fingerprint density at radius 3 is 2.55 bits per heavy atom. The van der Waals surface area contributed by atoms with Gasteiger partial charge in [-0.05, 0) is 29.7 Å². The Morgan fingerprint density at radius 1 is 1.18 bits per heavy atom. The van der Waals surface area contributed by atoms with Gasteiger partial charge in [-0.3, -0.25) is 9.59 Å². The summed E-state index contributed by atoms with van der Waals surface area (Å²) in [7, 11) is 0. The van der Waals surface area contributed by atoms with Gasteiger partial charge in [0, 0.05) is 17.1 Å². The summed E-state index contributed by atoms with van der Waals surface area (Å²) < 4.78 is 5.02. The van der Waals surface area contributed by atoms with E-state index in [0.29, 0.717) is 16.7 Å². The molecule has 1 aliphatic carbocycles. The topological polar surface area (TPSA) is 96.6 Å². The van der Waals surface area contributed by atoms with E-state index in [1.54, 1.807) is 38.1 Å². The van der Waals surface area contributed by atoms with Gasteiger partial charge in [0.05, 0.1) is 11.8 Å². The summed E-state index contributed by atoms with van der Waals surface area (Å²) in [5.74, 6) is -2.47. The van der Waals surface area contributed by atoms with Crippen molar-refractivity contribution < 1.29 is 19.1 Å². The van der Waals surface area contributed by atoms with Crippen LogP contribution in [-0.4, -0.2) is 17.0 Å². The van der Waals surface area contributed by atoms with Crippen LogP contribution < -0.4 is 10.9 Å². The first-order valence-corrected chi connectivity index (χ1v) is 6.88. The van der Waals surface area contributed by atoms with Gasteiger partial charge in [-0.1, -0.05) is 13.8 Å². The predicted octanol–water partition coefficient (Wildman–Crippen LogP) is 2.09. The predicted molar refractivity (Wildman–Crippen MR) is 79.5 cm³/mol. The van der Waals surface area contributed by atoms with Crippen molar-refractivity contribution in [3.8, 4) is 0 Å². The van der Waals surface area contributed by atoms with Crippen molar-refractivity contribution in [2.45, 2.75) is 13.8 Å². The molecule has 0 bridgehead atoms. The molecule has 6 heteroatoms. The highest BCUT2D eigenvalue weighted by atomic mass is 16.4. The van der Waals surface area contributed by atoms with E-state index < -0.39 is 28.8 Å².